The van der Waals surface area contributed by atoms with Crippen LogP contribution in [0.5, 0.6) is 0 Å². The molecule has 0 bridgehead atoms. The van der Waals surface area contributed by atoms with Crippen LogP contribution < -0.4 is 10.0 Å². The van der Waals surface area contributed by atoms with E-state index in [0.29, 0.717) is 25.9 Å². The fourth-order valence-electron chi connectivity index (χ4n) is 6.81. The summed E-state index contributed by atoms with van der Waals surface area (Å²) in [7, 11) is -1.30. The van der Waals surface area contributed by atoms with E-state index in [9.17, 15) is 18.1 Å². The number of halogens is 2. The third-order valence-corrected chi connectivity index (χ3v) is 13.0. The van der Waals surface area contributed by atoms with Crippen molar-refractivity contribution in [2.24, 2.45) is 17.8 Å². The maximum Gasteiger partial charge on any atom is 0.248 e. The number of nitrogens with zero attached hydrogens (tertiary/aromatic N) is 2. The van der Waals surface area contributed by atoms with E-state index in [1.807, 2.05) is 20.8 Å². The summed E-state index contributed by atoms with van der Waals surface area (Å²) < 4.78 is 58.0. The topological polar surface area (TPSA) is 100 Å². The molecule has 1 aromatic carbocycles. The van der Waals surface area contributed by atoms with E-state index in [4.69, 9.17) is 14.5 Å². The third-order valence-electron chi connectivity index (χ3n) is 9.71. The smallest absolute Gasteiger partial charge is 0.248 e. The Labute approximate surface area is 283 Å². The standard InChI is InChI=1S/C35H56F2N4O4SSi/c1-33(2,3)46(43)40-31(26-13-14-45-34(4,5)21-26)32-38-27-18-25(11-12-28(27)41(32)22-44-15-16-47(6,7)8)30(24-9-10-24)39-29(42)17-23-19-35(36,37)20-23/h11-12,18,23-24,26,30-31,40H,9-10,13-17,19-22H2,1-8H3,(H,39,42)/t26?,30-,31+,46?/m1/s1. The minimum absolute atomic E-state index is 0.133. The highest BCUT2D eigenvalue weighted by Gasteiger charge is 2.46. The van der Waals surface area contributed by atoms with Crippen molar-refractivity contribution in [2.45, 2.75) is 140 Å². The molecule has 8 nitrogen and oxygen atoms in total. The van der Waals surface area contributed by atoms with Crippen molar-refractivity contribution in [3.05, 3.63) is 29.6 Å². The molecule has 1 aliphatic heterocycles. The van der Waals surface area contributed by atoms with Gasteiger partial charge in [0.1, 0.15) is 23.3 Å². The first kappa shape index (κ1) is 36.7. The van der Waals surface area contributed by atoms with E-state index in [2.05, 4.69) is 66.3 Å². The largest absolute Gasteiger partial charge is 0.598 e. The summed E-state index contributed by atoms with van der Waals surface area (Å²) in [6.45, 7) is 18.7. The van der Waals surface area contributed by atoms with Gasteiger partial charge in [-0.3, -0.25) is 4.79 Å². The number of carbonyl (C=O) groups is 1. The van der Waals surface area contributed by atoms with Gasteiger partial charge in [0.15, 0.2) is 0 Å². The van der Waals surface area contributed by atoms with Gasteiger partial charge in [0.25, 0.3) is 0 Å². The Kier molecular flexibility index (Phi) is 10.9. The molecule has 0 spiro atoms. The van der Waals surface area contributed by atoms with Crippen molar-refractivity contribution >= 4 is 36.4 Å². The minimum Gasteiger partial charge on any atom is -0.598 e. The average Bonchev–Trinajstić information content (AvgIpc) is 3.71. The molecular weight excluding hydrogens is 639 g/mol. The second-order valence-electron chi connectivity index (χ2n) is 17.0. The molecule has 2 saturated carbocycles. The maximum atomic E-state index is 13.6. The van der Waals surface area contributed by atoms with Crippen LogP contribution in [-0.4, -0.2) is 57.6 Å². The lowest BCUT2D eigenvalue weighted by molar-refractivity contribution is -0.134. The number of imidazole rings is 1. The molecule has 0 radical (unpaired) electrons. The van der Waals surface area contributed by atoms with Gasteiger partial charge in [0, 0.05) is 51.9 Å². The van der Waals surface area contributed by atoms with Crippen LogP contribution in [-0.2, 0) is 32.4 Å². The van der Waals surface area contributed by atoms with Gasteiger partial charge in [0.05, 0.1) is 22.7 Å². The number of alkyl halides is 2. The highest BCUT2D eigenvalue weighted by atomic mass is 32.2. The molecule has 2 aromatic rings. The maximum absolute atomic E-state index is 13.6. The molecule has 2 heterocycles. The summed E-state index contributed by atoms with van der Waals surface area (Å²) in [6.07, 6.45) is 3.35. The van der Waals surface area contributed by atoms with Gasteiger partial charge in [-0.2, -0.15) is 0 Å². The molecular formula is C35H56F2N4O4SSi. The number of amides is 1. The number of hydrogen-bond acceptors (Lipinski definition) is 6. The molecule has 3 aliphatic rings. The Morgan fingerprint density at radius 3 is 2.45 bits per heavy atom. The zero-order valence-electron chi connectivity index (χ0n) is 29.6. The van der Waals surface area contributed by atoms with E-state index >= 15 is 0 Å². The molecule has 4 atom stereocenters. The molecule has 47 heavy (non-hydrogen) atoms. The van der Waals surface area contributed by atoms with Crippen molar-refractivity contribution < 1.29 is 27.6 Å². The van der Waals surface area contributed by atoms with Crippen LogP contribution in [0.15, 0.2) is 18.2 Å². The number of fused-ring (bicyclic) bond motifs is 1. The Morgan fingerprint density at radius 2 is 1.85 bits per heavy atom. The molecule has 1 amide bonds. The molecule has 1 aromatic heterocycles. The number of nitrogens with one attached hydrogen (secondary N) is 2. The van der Waals surface area contributed by atoms with E-state index < -0.39 is 30.1 Å². The Bertz CT molecular complexity index is 1400. The van der Waals surface area contributed by atoms with Gasteiger partial charge in [0.2, 0.25) is 11.8 Å². The molecule has 2 unspecified atom stereocenters. The van der Waals surface area contributed by atoms with Crippen LogP contribution in [0.3, 0.4) is 0 Å². The minimum atomic E-state index is -2.63. The number of ether oxygens (including phenoxy) is 2. The second kappa shape index (κ2) is 14.0. The summed E-state index contributed by atoms with van der Waals surface area (Å²) in [5.41, 5.74) is 2.38. The predicted molar refractivity (Wildman–Crippen MR) is 186 cm³/mol. The first-order valence-electron chi connectivity index (χ1n) is 17.4. The van der Waals surface area contributed by atoms with Crippen molar-refractivity contribution in [1.29, 1.82) is 0 Å². The average molecular weight is 695 g/mol. The van der Waals surface area contributed by atoms with Gasteiger partial charge >= 0.3 is 0 Å². The van der Waals surface area contributed by atoms with Crippen LogP contribution in [0.4, 0.5) is 8.78 Å². The third kappa shape index (κ3) is 9.78. The molecule has 1 saturated heterocycles. The first-order valence-corrected chi connectivity index (χ1v) is 22.2. The number of hydrogen-bond donors (Lipinski definition) is 2. The highest BCUT2D eigenvalue weighted by Crippen LogP contribution is 2.45. The van der Waals surface area contributed by atoms with E-state index in [1.54, 1.807) is 0 Å². The summed E-state index contributed by atoms with van der Waals surface area (Å²) in [5.74, 6) is -1.81. The van der Waals surface area contributed by atoms with Crippen molar-refractivity contribution in [3.8, 4) is 0 Å². The summed E-state index contributed by atoms with van der Waals surface area (Å²) in [6, 6.07) is 6.74. The second-order valence-corrected chi connectivity index (χ2v) is 24.7. The fourth-order valence-corrected chi connectivity index (χ4v) is 8.45. The quantitative estimate of drug-likeness (QED) is 0.120. The Hall–Kier alpha value is -1.57. The number of benzene rings is 1. The first-order chi connectivity index (χ1) is 21.8. The van der Waals surface area contributed by atoms with Crippen LogP contribution in [0.1, 0.15) is 103 Å². The van der Waals surface area contributed by atoms with E-state index in [-0.39, 0.29) is 54.7 Å². The molecule has 5 rings (SSSR count). The lowest BCUT2D eigenvalue weighted by Crippen LogP contribution is -2.47. The van der Waals surface area contributed by atoms with Gasteiger partial charge in [-0.1, -0.05) is 25.7 Å². The van der Waals surface area contributed by atoms with Gasteiger partial charge in [-0.05, 0) is 102 Å². The summed E-state index contributed by atoms with van der Waals surface area (Å²) in [5, 5.41) is 3.18. The number of aromatic nitrogens is 2. The zero-order chi connectivity index (χ0) is 34.4. The summed E-state index contributed by atoms with van der Waals surface area (Å²) in [4.78, 5) is 18.2. The Morgan fingerprint density at radius 1 is 1.15 bits per heavy atom. The molecule has 3 fully saturated rings. The van der Waals surface area contributed by atoms with Crippen LogP contribution in [0.2, 0.25) is 25.7 Å². The molecule has 2 aliphatic carbocycles. The highest BCUT2D eigenvalue weighted by molar-refractivity contribution is 7.90. The molecule has 12 heteroatoms. The Balaban J connectivity index is 1.48. The SMILES string of the molecule is CC1(C)CC([C@H](N[S+]([O-])C(C)(C)C)c2nc3cc([C@H](NC(=O)CC4CC(F)(F)C4)C4CC4)ccc3n2COCC[Si](C)(C)C)CCO1. The monoisotopic (exact) mass is 694 g/mol. The van der Waals surface area contributed by atoms with Crippen LogP contribution in [0.25, 0.3) is 11.0 Å². The lowest BCUT2D eigenvalue weighted by Gasteiger charge is -2.39. The fraction of sp³-hybridized carbons (Fsp3) is 0.771. The lowest BCUT2D eigenvalue weighted by atomic mass is 9.79. The van der Waals surface area contributed by atoms with Crippen LogP contribution in [0, 0.1) is 17.8 Å². The van der Waals surface area contributed by atoms with E-state index in [1.165, 1.54) is 0 Å². The zero-order valence-corrected chi connectivity index (χ0v) is 31.4. The molecule has 264 valence electrons. The van der Waals surface area contributed by atoms with Crippen molar-refractivity contribution in [3.63, 3.8) is 0 Å². The van der Waals surface area contributed by atoms with Crippen molar-refractivity contribution in [2.75, 3.05) is 13.2 Å². The summed E-state index contributed by atoms with van der Waals surface area (Å²) >= 11 is -1.34. The number of carbonyl (C=O) groups excluding carboxylic acids is 1. The van der Waals surface area contributed by atoms with Gasteiger partial charge in [-0.25, -0.2) is 13.8 Å². The van der Waals surface area contributed by atoms with Gasteiger partial charge in [-0.15, -0.1) is 4.72 Å². The van der Waals surface area contributed by atoms with Gasteiger partial charge < -0.3 is 23.9 Å². The van der Waals surface area contributed by atoms with Crippen molar-refractivity contribution in [1.82, 2.24) is 19.6 Å². The molecule has 2 N–H and O–H groups in total. The predicted octanol–water partition coefficient (Wildman–Crippen LogP) is 7.65. The normalized spacial score (nSPS) is 23.7. The van der Waals surface area contributed by atoms with E-state index in [0.717, 1.165) is 54.1 Å². The van der Waals surface area contributed by atoms with Crippen LogP contribution >= 0.6 is 0 Å². The number of rotatable bonds is 14.